The van der Waals surface area contributed by atoms with Crippen molar-refractivity contribution in [1.29, 1.82) is 0 Å². The van der Waals surface area contributed by atoms with E-state index in [9.17, 15) is 9.59 Å². The minimum atomic E-state index is -0.0216. The highest BCUT2D eigenvalue weighted by Gasteiger charge is 2.30. The number of carbonyl (C=O) groups is 2. The molecule has 0 aliphatic carbocycles. The lowest BCUT2D eigenvalue weighted by Gasteiger charge is -2.34. The normalized spacial score (nSPS) is 15.7. The average Bonchev–Trinajstić information content (AvgIpc) is 3.26. The van der Waals surface area contributed by atoms with Crippen molar-refractivity contribution in [3.63, 3.8) is 0 Å². The number of fused-ring (bicyclic) bond motifs is 1. The van der Waals surface area contributed by atoms with Gasteiger partial charge in [-0.05, 0) is 55.5 Å². The average molecular weight is 420 g/mol. The van der Waals surface area contributed by atoms with E-state index in [-0.39, 0.29) is 17.7 Å². The first-order valence-corrected chi connectivity index (χ1v) is 11.1. The number of hydrogen-bond acceptors (Lipinski definition) is 4. The molecule has 1 aliphatic heterocycles. The first-order chi connectivity index (χ1) is 15.1. The molecule has 1 N–H and O–H groups in total. The molecule has 3 aromatic rings. The molecule has 1 aromatic heterocycles. The Morgan fingerprint density at radius 1 is 1.16 bits per heavy atom. The van der Waals surface area contributed by atoms with E-state index in [4.69, 9.17) is 4.42 Å². The fraction of sp³-hybridized carbons (Fsp3) is 0.400. The van der Waals surface area contributed by atoms with Crippen molar-refractivity contribution in [2.24, 2.45) is 11.8 Å². The van der Waals surface area contributed by atoms with Crippen molar-refractivity contribution in [3.8, 4) is 11.5 Å². The summed E-state index contributed by atoms with van der Waals surface area (Å²) in [6.45, 7) is 6.10. The third kappa shape index (κ3) is 4.63. The quantitative estimate of drug-likeness (QED) is 0.638. The molecular formula is C25H29N3O3. The smallest absolute Gasteiger partial charge is 0.253 e. The van der Waals surface area contributed by atoms with E-state index in [1.54, 1.807) is 12.1 Å². The number of nitrogens with zero attached hydrogens (tertiary/aromatic N) is 2. The van der Waals surface area contributed by atoms with Gasteiger partial charge in [-0.15, -0.1) is 0 Å². The van der Waals surface area contributed by atoms with Crippen LogP contribution in [0, 0.1) is 11.8 Å². The Labute approximate surface area is 182 Å². The highest BCUT2D eigenvalue weighted by atomic mass is 16.3. The van der Waals surface area contributed by atoms with Crippen molar-refractivity contribution < 1.29 is 14.0 Å². The molecule has 2 aromatic carbocycles. The zero-order valence-electron chi connectivity index (χ0n) is 18.1. The van der Waals surface area contributed by atoms with Crippen LogP contribution in [0.15, 0.2) is 52.9 Å². The lowest BCUT2D eigenvalue weighted by molar-refractivity contribution is -0.126. The molecule has 162 valence electrons. The molecule has 0 spiro atoms. The second kappa shape index (κ2) is 9.33. The van der Waals surface area contributed by atoms with E-state index in [0.717, 1.165) is 31.4 Å². The van der Waals surface area contributed by atoms with Crippen molar-refractivity contribution in [3.05, 3.63) is 54.1 Å². The number of amides is 2. The number of hydrogen-bond donors (Lipinski definition) is 1. The maximum absolute atomic E-state index is 13.1. The summed E-state index contributed by atoms with van der Waals surface area (Å²) in [4.78, 5) is 31.8. The number of carbonyl (C=O) groups excluding carboxylic acids is 2. The third-order valence-electron chi connectivity index (χ3n) is 6.15. The van der Waals surface area contributed by atoms with Gasteiger partial charge in [0.25, 0.3) is 5.91 Å². The van der Waals surface area contributed by atoms with E-state index < -0.39 is 0 Å². The molecule has 1 atom stereocenters. The maximum Gasteiger partial charge on any atom is 0.253 e. The summed E-state index contributed by atoms with van der Waals surface area (Å²) in [5.74, 6) is 0.973. The standard InChI is InChI=1S/C25H29N3O3/c1-3-13-26-23(29)17(2)18-11-14-28(15-12-18)25(30)20-9-10-22-21(16-20)27-24(31-22)19-7-5-4-6-8-19/h4-10,16-18H,3,11-15H2,1-2H3,(H,26,29)/t17-/m1/s1. The van der Waals surface area contributed by atoms with Crippen LogP contribution in [-0.2, 0) is 4.79 Å². The predicted molar refractivity (Wildman–Crippen MR) is 121 cm³/mol. The van der Waals surface area contributed by atoms with Gasteiger partial charge in [-0.25, -0.2) is 4.98 Å². The molecule has 1 fully saturated rings. The molecule has 2 heterocycles. The Kier molecular flexibility index (Phi) is 6.35. The summed E-state index contributed by atoms with van der Waals surface area (Å²) in [6, 6.07) is 15.2. The number of piperidine rings is 1. The number of aromatic nitrogens is 1. The van der Waals surface area contributed by atoms with Crippen LogP contribution in [0.4, 0.5) is 0 Å². The van der Waals surface area contributed by atoms with Gasteiger partial charge in [-0.2, -0.15) is 0 Å². The number of benzene rings is 2. The fourth-order valence-corrected chi connectivity index (χ4v) is 4.17. The molecule has 0 radical (unpaired) electrons. The molecule has 1 saturated heterocycles. The van der Waals surface area contributed by atoms with Crippen LogP contribution in [0.3, 0.4) is 0 Å². The predicted octanol–water partition coefficient (Wildman–Crippen LogP) is 4.51. The van der Waals surface area contributed by atoms with Crippen LogP contribution in [0.25, 0.3) is 22.6 Å². The van der Waals surface area contributed by atoms with E-state index in [2.05, 4.69) is 10.3 Å². The minimum Gasteiger partial charge on any atom is -0.436 e. The van der Waals surface area contributed by atoms with Gasteiger partial charge in [0.2, 0.25) is 11.8 Å². The van der Waals surface area contributed by atoms with E-state index >= 15 is 0 Å². The summed E-state index contributed by atoms with van der Waals surface area (Å²) in [7, 11) is 0. The number of oxazole rings is 1. The van der Waals surface area contributed by atoms with Gasteiger partial charge in [0.1, 0.15) is 5.52 Å². The van der Waals surface area contributed by atoms with Gasteiger partial charge in [0.15, 0.2) is 5.58 Å². The molecule has 31 heavy (non-hydrogen) atoms. The molecule has 0 bridgehead atoms. The molecule has 2 amide bonds. The van der Waals surface area contributed by atoms with Crippen LogP contribution < -0.4 is 5.32 Å². The zero-order valence-corrected chi connectivity index (χ0v) is 18.1. The van der Waals surface area contributed by atoms with Crippen molar-refractivity contribution in [1.82, 2.24) is 15.2 Å². The number of rotatable bonds is 6. The number of likely N-dealkylation sites (tertiary alicyclic amines) is 1. The van der Waals surface area contributed by atoms with Crippen LogP contribution in [-0.4, -0.2) is 41.3 Å². The Hall–Kier alpha value is -3.15. The highest BCUT2D eigenvalue weighted by Crippen LogP contribution is 2.28. The van der Waals surface area contributed by atoms with Gasteiger partial charge in [0, 0.05) is 36.7 Å². The maximum atomic E-state index is 13.1. The summed E-state index contributed by atoms with van der Waals surface area (Å²) in [5, 5.41) is 2.98. The molecule has 0 unspecified atom stereocenters. The summed E-state index contributed by atoms with van der Waals surface area (Å²) in [6.07, 6.45) is 2.63. The monoisotopic (exact) mass is 419 g/mol. The van der Waals surface area contributed by atoms with Gasteiger partial charge in [-0.1, -0.05) is 32.0 Å². The lowest BCUT2D eigenvalue weighted by atomic mass is 9.84. The topological polar surface area (TPSA) is 75.4 Å². The SMILES string of the molecule is CCCNC(=O)[C@H](C)C1CCN(C(=O)c2ccc3oc(-c4ccccc4)nc3c2)CC1. The van der Waals surface area contributed by atoms with Crippen LogP contribution in [0.5, 0.6) is 0 Å². The second-order valence-electron chi connectivity index (χ2n) is 8.28. The zero-order chi connectivity index (χ0) is 21.8. The summed E-state index contributed by atoms with van der Waals surface area (Å²) in [5.41, 5.74) is 2.88. The molecule has 0 saturated carbocycles. The lowest BCUT2D eigenvalue weighted by Crippen LogP contribution is -2.42. The highest BCUT2D eigenvalue weighted by molar-refractivity contribution is 5.97. The van der Waals surface area contributed by atoms with Gasteiger partial charge < -0.3 is 14.6 Å². The van der Waals surface area contributed by atoms with Gasteiger partial charge >= 0.3 is 0 Å². The Balaban J connectivity index is 1.41. The Bertz CT molecular complexity index is 1050. The Morgan fingerprint density at radius 3 is 2.61 bits per heavy atom. The first kappa shape index (κ1) is 21.1. The van der Waals surface area contributed by atoms with Crippen molar-refractivity contribution >= 4 is 22.9 Å². The van der Waals surface area contributed by atoms with Crippen LogP contribution in [0.1, 0.15) is 43.5 Å². The largest absolute Gasteiger partial charge is 0.436 e. The summed E-state index contributed by atoms with van der Waals surface area (Å²) >= 11 is 0. The van der Waals surface area contributed by atoms with Gasteiger partial charge in [0.05, 0.1) is 0 Å². The Morgan fingerprint density at radius 2 is 1.90 bits per heavy atom. The van der Waals surface area contributed by atoms with Crippen LogP contribution >= 0.6 is 0 Å². The molecule has 6 nitrogen and oxygen atoms in total. The molecule has 4 rings (SSSR count). The first-order valence-electron chi connectivity index (χ1n) is 11.1. The molecule has 6 heteroatoms. The van der Waals surface area contributed by atoms with E-state index in [1.165, 1.54) is 0 Å². The third-order valence-corrected chi connectivity index (χ3v) is 6.15. The summed E-state index contributed by atoms with van der Waals surface area (Å²) < 4.78 is 5.85. The molecular weight excluding hydrogens is 390 g/mol. The fourth-order valence-electron chi connectivity index (χ4n) is 4.17. The second-order valence-corrected chi connectivity index (χ2v) is 8.28. The van der Waals surface area contributed by atoms with E-state index in [0.29, 0.717) is 41.6 Å². The number of nitrogens with one attached hydrogen (secondary N) is 1. The van der Waals surface area contributed by atoms with Crippen LogP contribution in [0.2, 0.25) is 0 Å². The van der Waals surface area contributed by atoms with E-state index in [1.807, 2.05) is 55.1 Å². The minimum absolute atomic E-state index is 0.00713. The van der Waals surface area contributed by atoms with Gasteiger partial charge in [-0.3, -0.25) is 9.59 Å². The molecule has 1 aliphatic rings. The van der Waals surface area contributed by atoms with Crippen molar-refractivity contribution in [2.45, 2.75) is 33.1 Å². The van der Waals surface area contributed by atoms with Crippen molar-refractivity contribution in [2.75, 3.05) is 19.6 Å².